The Labute approximate surface area is 115 Å². The number of benzene rings is 1. The third-order valence-corrected chi connectivity index (χ3v) is 2.02. The molecular formula is C12H15ClO6. The van der Waals surface area contributed by atoms with E-state index in [1.54, 1.807) is 0 Å². The highest BCUT2D eigenvalue weighted by molar-refractivity contribution is 6.29. The minimum atomic E-state index is -1.02. The number of hydrogen-bond acceptors (Lipinski definition) is 4. The lowest BCUT2D eigenvalue weighted by molar-refractivity contribution is -0.144. The number of alkyl halides is 1. The number of rotatable bonds is 4. The number of phenols is 1. The summed E-state index contributed by atoms with van der Waals surface area (Å²) in [5, 5.41) is 24.6. The van der Waals surface area contributed by atoms with Crippen molar-refractivity contribution in [3.05, 3.63) is 24.3 Å². The highest BCUT2D eigenvalue weighted by Crippen LogP contribution is 2.16. The van der Waals surface area contributed by atoms with Crippen molar-refractivity contribution in [1.29, 1.82) is 0 Å². The van der Waals surface area contributed by atoms with Gasteiger partial charge in [-0.15, -0.1) is 11.6 Å². The van der Waals surface area contributed by atoms with Gasteiger partial charge in [-0.25, -0.2) is 4.79 Å². The summed E-state index contributed by atoms with van der Waals surface area (Å²) in [5.74, 6) is -1.45. The van der Waals surface area contributed by atoms with E-state index >= 15 is 0 Å². The second kappa shape index (κ2) is 8.20. The minimum absolute atomic E-state index is 0.121. The molecular weight excluding hydrogens is 276 g/mol. The molecule has 0 radical (unpaired) electrons. The highest BCUT2D eigenvalue weighted by atomic mass is 35.5. The van der Waals surface area contributed by atoms with E-state index in [0.29, 0.717) is 5.75 Å². The van der Waals surface area contributed by atoms with E-state index in [1.807, 2.05) is 0 Å². The zero-order valence-electron chi connectivity index (χ0n) is 10.4. The molecule has 0 saturated carbocycles. The lowest BCUT2D eigenvalue weighted by atomic mass is 10.3. The summed E-state index contributed by atoms with van der Waals surface area (Å²) in [4.78, 5) is 20.0. The lowest BCUT2D eigenvalue weighted by Gasteiger charge is -2.09. The Morgan fingerprint density at radius 2 is 1.53 bits per heavy atom. The molecule has 7 heteroatoms. The van der Waals surface area contributed by atoms with Crippen LogP contribution in [0, 0.1) is 0 Å². The molecule has 0 heterocycles. The molecule has 0 spiro atoms. The van der Waals surface area contributed by atoms with Crippen LogP contribution in [0.15, 0.2) is 24.3 Å². The first-order chi connectivity index (χ1) is 8.73. The molecule has 0 aliphatic carbocycles. The standard InChI is InChI=1S/C9H10O4.C3H5ClO2/c1-6(9(11)12)13-8-4-2-7(10)3-5-8;1-2(4)3(5)6/h2-6,10H,1H3,(H,11,12);2H,1H3,(H,5,6). The molecule has 0 aliphatic heterocycles. The van der Waals surface area contributed by atoms with Crippen LogP contribution in [0.25, 0.3) is 0 Å². The number of aromatic hydroxyl groups is 1. The van der Waals surface area contributed by atoms with E-state index in [-0.39, 0.29) is 5.75 Å². The maximum atomic E-state index is 10.4. The first-order valence-electron chi connectivity index (χ1n) is 5.29. The number of carbonyl (C=O) groups is 2. The Balaban J connectivity index is 0.000000459. The van der Waals surface area contributed by atoms with Gasteiger partial charge in [-0.3, -0.25) is 4.79 Å². The van der Waals surface area contributed by atoms with Crippen molar-refractivity contribution in [2.24, 2.45) is 0 Å². The van der Waals surface area contributed by atoms with Gasteiger partial charge in [0.15, 0.2) is 6.10 Å². The number of carboxylic acids is 2. The summed E-state index contributed by atoms with van der Waals surface area (Å²) in [7, 11) is 0. The van der Waals surface area contributed by atoms with Crippen LogP contribution in [0.1, 0.15) is 13.8 Å². The van der Waals surface area contributed by atoms with Gasteiger partial charge in [0.25, 0.3) is 0 Å². The number of hydrogen-bond donors (Lipinski definition) is 3. The van der Waals surface area contributed by atoms with Gasteiger partial charge in [0.2, 0.25) is 0 Å². The van der Waals surface area contributed by atoms with E-state index in [9.17, 15) is 9.59 Å². The topological polar surface area (TPSA) is 104 Å². The molecule has 0 bridgehead atoms. The Morgan fingerprint density at radius 1 is 1.11 bits per heavy atom. The number of halogens is 1. The quantitative estimate of drug-likeness (QED) is 0.732. The molecule has 1 aromatic carbocycles. The summed E-state index contributed by atoms with van der Waals surface area (Å²) >= 11 is 5.01. The molecule has 0 saturated heterocycles. The molecule has 1 aromatic rings. The lowest BCUT2D eigenvalue weighted by Crippen LogP contribution is -2.22. The van der Waals surface area contributed by atoms with Crippen molar-refractivity contribution < 1.29 is 29.6 Å². The molecule has 1 rings (SSSR count). The summed E-state index contributed by atoms with van der Waals surface area (Å²) in [5.41, 5.74) is 0. The zero-order chi connectivity index (χ0) is 15.0. The number of aliphatic carboxylic acids is 2. The van der Waals surface area contributed by atoms with Crippen LogP contribution in [0.2, 0.25) is 0 Å². The molecule has 106 valence electrons. The van der Waals surface area contributed by atoms with Crippen molar-refractivity contribution >= 4 is 23.5 Å². The van der Waals surface area contributed by atoms with Crippen LogP contribution in [0.4, 0.5) is 0 Å². The maximum Gasteiger partial charge on any atom is 0.344 e. The summed E-state index contributed by atoms with van der Waals surface area (Å²) in [6, 6.07) is 5.89. The largest absolute Gasteiger partial charge is 0.508 e. The van der Waals surface area contributed by atoms with Crippen LogP contribution in [0.5, 0.6) is 11.5 Å². The van der Waals surface area contributed by atoms with Crippen molar-refractivity contribution in [3.8, 4) is 11.5 Å². The molecule has 2 atom stereocenters. The monoisotopic (exact) mass is 290 g/mol. The van der Waals surface area contributed by atoms with Crippen LogP contribution >= 0.6 is 11.6 Å². The van der Waals surface area contributed by atoms with Crippen LogP contribution in [-0.2, 0) is 9.59 Å². The molecule has 0 fully saturated rings. The van der Waals surface area contributed by atoms with Gasteiger partial charge in [-0.2, -0.15) is 0 Å². The summed E-state index contributed by atoms with van der Waals surface area (Å²) in [6.07, 6.45) is -0.885. The Hall–Kier alpha value is -1.95. The van der Waals surface area contributed by atoms with E-state index < -0.39 is 23.4 Å². The van der Waals surface area contributed by atoms with Gasteiger partial charge in [0.05, 0.1) is 0 Å². The predicted octanol–water partition coefficient (Wildman–Crippen LogP) is 1.94. The first-order valence-corrected chi connectivity index (χ1v) is 5.73. The van der Waals surface area contributed by atoms with Gasteiger partial charge in [0.1, 0.15) is 16.9 Å². The van der Waals surface area contributed by atoms with Crippen LogP contribution in [0.3, 0.4) is 0 Å². The molecule has 0 amide bonds. The maximum absolute atomic E-state index is 10.4. The van der Waals surface area contributed by atoms with E-state index in [1.165, 1.54) is 38.1 Å². The third kappa shape index (κ3) is 7.88. The van der Waals surface area contributed by atoms with Gasteiger partial charge >= 0.3 is 11.9 Å². The predicted molar refractivity (Wildman–Crippen MR) is 68.8 cm³/mol. The average Bonchev–Trinajstić information content (AvgIpc) is 2.32. The average molecular weight is 291 g/mol. The molecule has 6 nitrogen and oxygen atoms in total. The van der Waals surface area contributed by atoms with Crippen molar-refractivity contribution in [3.63, 3.8) is 0 Å². The minimum Gasteiger partial charge on any atom is -0.508 e. The second-order valence-corrected chi connectivity index (χ2v) is 4.20. The number of carboxylic acid groups (broad SMARTS) is 2. The SMILES string of the molecule is CC(Cl)C(=O)O.CC(Oc1ccc(O)cc1)C(=O)O. The van der Waals surface area contributed by atoms with Crippen molar-refractivity contribution in [2.45, 2.75) is 25.3 Å². The smallest absolute Gasteiger partial charge is 0.344 e. The zero-order valence-corrected chi connectivity index (χ0v) is 11.2. The molecule has 19 heavy (non-hydrogen) atoms. The Kier molecular flexibility index (Phi) is 7.36. The normalized spacial score (nSPS) is 12.6. The Morgan fingerprint density at radius 3 is 1.84 bits per heavy atom. The summed E-state index contributed by atoms with van der Waals surface area (Å²) < 4.78 is 5.02. The fourth-order valence-corrected chi connectivity index (χ4v) is 0.779. The van der Waals surface area contributed by atoms with Gasteiger partial charge < -0.3 is 20.1 Å². The number of phenolic OH excluding ortho intramolecular Hbond substituents is 1. The molecule has 3 N–H and O–H groups in total. The molecule has 2 unspecified atom stereocenters. The van der Waals surface area contributed by atoms with Crippen molar-refractivity contribution in [1.82, 2.24) is 0 Å². The third-order valence-electron chi connectivity index (χ3n) is 1.84. The second-order valence-electron chi connectivity index (χ2n) is 3.55. The van der Waals surface area contributed by atoms with E-state index in [4.69, 9.17) is 31.7 Å². The van der Waals surface area contributed by atoms with Gasteiger partial charge in [-0.05, 0) is 38.1 Å². The molecule has 0 aromatic heterocycles. The van der Waals surface area contributed by atoms with Gasteiger partial charge in [0, 0.05) is 0 Å². The van der Waals surface area contributed by atoms with Crippen LogP contribution in [-0.4, -0.2) is 38.7 Å². The first kappa shape index (κ1) is 17.1. The highest BCUT2D eigenvalue weighted by Gasteiger charge is 2.11. The van der Waals surface area contributed by atoms with Gasteiger partial charge in [-0.1, -0.05) is 0 Å². The van der Waals surface area contributed by atoms with Crippen molar-refractivity contribution in [2.75, 3.05) is 0 Å². The fourth-order valence-electron chi connectivity index (χ4n) is 0.779. The number of ether oxygens (including phenoxy) is 1. The fraction of sp³-hybridized carbons (Fsp3) is 0.333. The van der Waals surface area contributed by atoms with E-state index in [0.717, 1.165) is 0 Å². The summed E-state index contributed by atoms with van der Waals surface area (Å²) in [6.45, 7) is 2.85. The van der Waals surface area contributed by atoms with E-state index in [2.05, 4.69) is 0 Å². The molecule has 0 aliphatic rings. The van der Waals surface area contributed by atoms with Crippen LogP contribution < -0.4 is 4.74 Å². The Bertz CT molecular complexity index is 415.